The summed E-state index contributed by atoms with van der Waals surface area (Å²) < 4.78 is 11.2. The number of rotatable bonds is 1. The van der Waals surface area contributed by atoms with Gasteiger partial charge in [0, 0.05) is 32.1 Å². The SMILES string of the molecule is C1Cc2nc(C3CCOCC3)oc2CN1. The van der Waals surface area contributed by atoms with Gasteiger partial charge in [0.15, 0.2) is 5.89 Å². The molecule has 2 aliphatic rings. The van der Waals surface area contributed by atoms with Crippen molar-refractivity contribution < 1.29 is 9.15 Å². The highest BCUT2D eigenvalue weighted by molar-refractivity contribution is 5.14. The third-order valence-electron chi connectivity index (χ3n) is 3.19. The third-order valence-corrected chi connectivity index (χ3v) is 3.19. The van der Waals surface area contributed by atoms with Gasteiger partial charge in [-0.3, -0.25) is 0 Å². The molecular weight excluding hydrogens is 192 g/mol. The van der Waals surface area contributed by atoms with Crippen LogP contribution in [0.3, 0.4) is 0 Å². The lowest BCUT2D eigenvalue weighted by Gasteiger charge is -2.18. The highest BCUT2D eigenvalue weighted by Gasteiger charge is 2.24. The van der Waals surface area contributed by atoms with E-state index in [1.807, 2.05) is 0 Å². The van der Waals surface area contributed by atoms with Crippen LogP contribution in [0.15, 0.2) is 4.42 Å². The van der Waals surface area contributed by atoms with Crippen molar-refractivity contribution in [3.8, 4) is 0 Å². The summed E-state index contributed by atoms with van der Waals surface area (Å²) in [6.45, 7) is 3.55. The fraction of sp³-hybridized carbons (Fsp3) is 0.727. The highest BCUT2D eigenvalue weighted by atomic mass is 16.5. The lowest BCUT2D eigenvalue weighted by molar-refractivity contribution is 0.0791. The van der Waals surface area contributed by atoms with Crippen molar-refractivity contribution in [2.75, 3.05) is 19.8 Å². The van der Waals surface area contributed by atoms with Crippen molar-refractivity contribution in [3.63, 3.8) is 0 Å². The summed E-state index contributed by atoms with van der Waals surface area (Å²) in [7, 11) is 0. The van der Waals surface area contributed by atoms with Gasteiger partial charge in [-0.15, -0.1) is 0 Å². The number of nitrogens with zero attached hydrogens (tertiary/aromatic N) is 1. The number of fused-ring (bicyclic) bond motifs is 1. The monoisotopic (exact) mass is 208 g/mol. The molecule has 2 aliphatic heterocycles. The van der Waals surface area contributed by atoms with Crippen molar-refractivity contribution in [2.45, 2.75) is 31.7 Å². The summed E-state index contributed by atoms with van der Waals surface area (Å²) in [4.78, 5) is 4.61. The maximum atomic E-state index is 5.82. The number of hydrogen-bond acceptors (Lipinski definition) is 4. The Morgan fingerprint density at radius 3 is 2.93 bits per heavy atom. The number of aromatic nitrogens is 1. The molecule has 0 saturated carbocycles. The summed E-state index contributed by atoms with van der Waals surface area (Å²) in [5, 5.41) is 3.30. The van der Waals surface area contributed by atoms with E-state index in [2.05, 4.69) is 10.3 Å². The molecule has 1 saturated heterocycles. The van der Waals surface area contributed by atoms with E-state index < -0.39 is 0 Å². The van der Waals surface area contributed by atoms with Crippen molar-refractivity contribution in [1.82, 2.24) is 10.3 Å². The average molecular weight is 208 g/mol. The normalized spacial score (nSPS) is 22.7. The molecule has 1 fully saturated rings. The highest BCUT2D eigenvalue weighted by Crippen LogP contribution is 2.28. The summed E-state index contributed by atoms with van der Waals surface area (Å²) >= 11 is 0. The molecule has 1 aromatic rings. The van der Waals surface area contributed by atoms with Gasteiger partial charge in [-0.2, -0.15) is 0 Å². The van der Waals surface area contributed by atoms with Gasteiger partial charge in [-0.1, -0.05) is 0 Å². The van der Waals surface area contributed by atoms with Gasteiger partial charge >= 0.3 is 0 Å². The number of oxazole rings is 1. The van der Waals surface area contributed by atoms with Crippen LogP contribution in [0.25, 0.3) is 0 Å². The Morgan fingerprint density at radius 1 is 1.27 bits per heavy atom. The van der Waals surface area contributed by atoms with Crippen LogP contribution < -0.4 is 5.32 Å². The molecule has 0 bridgehead atoms. The maximum absolute atomic E-state index is 5.82. The molecule has 15 heavy (non-hydrogen) atoms. The first-order chi connectivity index (χ1) is 7.43. The van der Waals surface area contributed by atoms with E-state index in [1.54, 1.807) is 0 Å². The number of nitrogens with one attached hydrogen (secondary N) is 1. The molecule has 0 radical (unpaired) electrons. The van der Waals surface area contributed by atoms with Crippen molar-refractivity contribution >= 4 is 0 Å². The zero-order chi connectivity index (χ0) is 10.1. The molecule has 0 spiro atoms. The molecule has 0 unspecified atom stereocenters. The minimum absolute atomic E-state index is 0.476. The second-order valence-corrected chi connectivity index (χ2v) is 4.24. The minimum Gasteiger partial charge on any atom is -0.444 e. The van der Waals surface area contributed by atoms with Crippen LogP contribution >= 0.6 is 0 Å². The van der Waals surface area contributed by atoms with Crippen LogP contribution in [0, 0.1) is 0 Å². The standard InChI is InChI=1S/C11H16N2O2/c1-4-12-7-10-9(1)13-11(15-10)8-2-5-14-6-3-8/h8,12H,1-7H2. The van der Waals surface area contributed by atoms with Crippen LogP contribution in [0.1, 0.15) is 36.1 Å². The van der Waals surface area contributed by atoms with Gasteiger partial charge in [-0.25, -0.2) is 4.98 Å². The molecule has 82 valence electrons. The zero-order valence-corrected chi connectivity index (χ0v) is 8.79. The van der Waals surface area contributed by atoms with Gasteiger partial charge < -0.3 is 14.5 Å². The molecular formula is C11H16N2O2. The molecule has 4 nitrogen and oxygen atoms in total. The Labute approximate surface area is 89.0 Å². The Balaban J connectivity index is 1.82. The fourth-order valence-corrected chi connectivity index (χ4v) is 2.26. The first-order valence-corrected chi connectivity index (χ1v) is 5.70. The third kappa shape index (κ3) is 1.79. The number of hydrogen-bond donors (Lipinski definition) is 1. The molecule has 0 amide bonds. The van der Waals surface area contributed by atoms with Crippen molar-refractivity contribution in [2.24, 2.45) is 0 Å². The predicted molar refractivity (Wildman–Crippen MR) is 54.7 cm³/mol. The van der Waals surface area contributed by atoms with Crippen LogP contribution in [-0.4, -0.2) is 24.7 Å². The van der Waals surface area contributed by atoms with E-state index in [9.17, 15) is 0 Å². The largest absolute Gasteiger partial charge is 0.444 e. The first kappa shape index (κ1) is 9.36. The Hall–Kier alpha value is -0.870. The van der Waals surface area contributed by atoms with Crippen LogP contribution in [0.2, 0.25) is 0 Å². The zero-order valence-electron chi connectivity index (χ0n) is 8.79. The Kier molecular flexibility index (Phi) is 2.46. The molecule has 0 aromatic carbocycles. The lowest BCUT2D eigenvalue weighted by atomic mass is 10.0. The van der Waals surface area contributed by atoms with E-state index in [1.165, 1.54) is 0 Å². The summed E-state index contributed by atoms with van der Waals surface area (Å²) in [5.74, 6) is 2.46. The summed E-state index contributed by atoms with van der Waals surface area (Å²) in [6, 6.07) is 0. The van der Waals surface area contributed by atoms with Crippen molar-refractivity contribution in [3.05, 3.63) is 17.3 Å². The molecule has 3 rings (SSSR count). The fourth-order valence-electron chi connectivity index (χ4n) is 2.26. The Morgan fingerprint density at radius 2 is 2.13 bits per heavy atom. The molecule has 1 N–H and O–H groups in total. The topological polar surface area (TPSA) is 47.3 Å². The molecule has 1 aromatic heterocycles. The lowest BCUT2D eigenvalue weighted by Crippen LogP contribution is -2.22. The quantitative estimate of drug-likeness (QED) is 0.753. The van der Waals surface area contributed by atoms with E-state index in [0.717, 1.165) is 62.9 Å². The molecule has 3 heterocycles. The van der Waals surface area contributed by atoms with E-state index in [4.69, 9.17) is 9.15 Å². The Bertz CT molecular complexity index is 319. The first-order valence-electron chi connectivity index (χ1n) is 5.70. The minimum atomic E-state index is 0.476. The smallest absolute Gasteiger partial charge is 0.197 e. The van der Waals surface area contributed by atoms with Crippen molar-refractivity contribution in [1.29, 1.82) is 0 Å². The van der Waals surface area contributed by atoms with E-state index in [0.29, 0.717) is 5.92 Å². The maximum Gasteiger partial charge on any atom is 0.197 e. The van der Waals surface area contributed by atoms with E-state index >= 15 is 0 Å². The molecule has 0 atom stereocenters. The second kappa shape index (κ2) is 3.94. The predicted octanol–water partition coefficient (Wildman–Crippen LogP) is 1.21. The second-order valence-electron chi connectivity index (χ2n) is 4.24. The van der Waals surface area contributed by atoms with Gasteiger partial charge in [0.1, 0.15) is 5.76 Å². The van der Waals surface area contributed by atoms with Crippen LogP contribution in [0.4, 0.5) is 0 Å². The van der Waals surface area contributed by atoms with E-state index in [-0.39, 0.29) is 0 Å². The molecule has 0 aliphatic carbocycles. The van der Waals surface area contributed by atoms with Gasteiger partial charge in [0.2, 0.25) is 0 Å². The number of ether oxygens (including phenoxy) is 1. The average Bonchev–Trinajstić information content (AvgIpc) is 2.74. The van der Waals surface area contributed by atoms with Gasteiger partial charge in [0.25, 0.3) is 0 Å². The summed E-state index contributed by atoms with van der Waals surface area (Å²) in [6.07, 6.45) is 3.10. The summed E-state index contributed by atoms with van der Waals surface area (Å²) in [5.41, 5.74) is 1.16. The van der Waals surface area contributed by atoms with Crippen LogP contribution in [-0.2, 0) is 17.7 Å². The van der Waals surface area contributed by atoms with Crippen LogP contribution in [0.5, 0.6) is 0 Å². The van der Waals surface area contributed by atoms with Gasteiger partial charge in [0.05, 0.1) is 12.2 Å². The molecule has 4 heteroatoms. The van der Waals surface area contributed by atoms with Gasteiger partial charge in [-0.05, 0) is 12.8 Å².